The van der Waals surface area contributed by atoms with Gasteiger partial charge in [-0.3, -0.25) is 9.78 Å². The maximum atomic E-state index is 13.7. The van der Waals surface area contributed by atoms with Gasteiger partial charge in [-0.05, 0) is 37.1 Å². The van der Waals surface area contributed by atoms with Crippen molar-refractivity contribution in [1.82, 2.24) is 10.3 Å². The monoisotopic (exact) mass is 369 g/mol. The lowest BCUT2D eigenvalue weighted by molar-refractivity contribution is -0.140. The predicted molar refractivity (Wildman–Crippen MR) is 91.0 cm³/mol. The number of alkyl halides is 3. The van der Waals surface area contributed by atoms with E-state index in [2.05, 4.69) is 15.6 Å². The average molecular weight is 369 g/mol. The van der Waals surface area contributed by atoms with Crippen LogP contribution in [0, 0.1) is 5.82 Å². The maximum absolute atomic E-state index is 13.7. The van der Waals surface area contributed by atoms with E-state index >= 15 is 0 Å². The van der Waals surface area contributed by atoms with Crippen LogP contribution in [0.15, 0.2) is 36.5 Å². The van der Waals surface area contributed by atoms with Gasteiger partial charge < -0.3 is 10.6 Å². The third-order valence-corrected chi connectivity index (χ3v) is 3.64. The number of nitrogens with one attached hydrogen (secondary N) is 2. The summed E-state index contributed by atoms with van der Waals surface area (Å²) in [7, 11) is 0. The molecule has 0 aliphatic heterocycles. The van der Waals surface area contributed by atoms with Gasteiger partial charge in [0, 0.05) is 37.5 Å². The summed E-state index contributed by atoms with van der Waals surface area (Å²) in [6.45, 7) is 2.72. The molecule has 0 aliphatic carbocycles. The van der Waals surface area contributed by atoms with Crippen molar-refractivity contribution < 1.29 is 22.4 Å². The number of halogens is 4. The summed E-state index contributed by atoms with van der Waals surface area (Å²) in [5.41, 5.74) is 0.0789. The fourth-order valence-corrected chi connectivity index (χ4v) is 2.35. The number of carbonyl (C=O) groups excluding carboxylic acids is 1. The third kappa shape index (κ3) is 5.72. The maximum Gasteiger partial charge on any atom is 0.419 e. The fourth-order valence-electron chi connectivity index (χ4n) is 2.35. The molecule has 8 heteroatoms. The lowest BCUT2D eigenvalue weighted by Crippen LogP contribution is -2.21. The number of amides is 1. The zero-order valence-electron chi connectivity index (χ0n) is 14.2. The number of benzene rings is 1. The Morgan fingerprint density at radius 1 is 1.12 bits per heavy atom. The van der Waals surface area contributed by atoms with Crippen molar-refractivity contribution >= 4 is 11.6 Å². The molecular weight excluding hydrogens is 350 g/mol. The van der Waals surface area contributed by atoms with Crippen LogP contribution >= 0.6 is 0 Å². The molecule has 1 aromatic carbocycles. The summed E-state index contributed by atoms with van der Waals surface area (Å²) in [6, 6.07) is 6.12. The van der Waals surface area contributed by atoms with Gasteiger partial charge in [-0.2, -0.15) is 13.2 Å². The van der Waals surface area contributed by atoms with Crippen molar-refractivity contribution in [2.75, 3.05) is 18.4 Å². The van der Waals surface area contributed by atoms with Gasteiger partial charge in [0.2, 0.25) is 5.91 Å². The Morgan fingerprint density at radius 3 is 2.50 bits per heavy atom. The Balaban J connectivity index is 1.98. The first-order chi connectivity index (χ1) is 12.3. The number of unbranched alkanes of at least 4 members (excludes halogenated alkanes) is 1. The molecule has 1 amide bonds. The van der Waals surface area contributed by atoms with E-state index in [1.807, 2.05) is 0 Å². The van der Waals surface area contributed by atoms with Crippen LogP contribution in [0.5, 0.6) is 0 Å². The van der Waals surface area contributed by atoms with Crippen LogP contribution in [-0.4, -0.2) is 24.0 Å². The van der Waals surface area contributed by atoms with E-state index in [0.29, 0.717) is 24.8 Å². The number of anilines is 1. The van der Waals surface area contributed by atoms with Crippen molar-refractivity contribution in [2.45, 2.75) is 25.9 Å². The van der Waals surface area contributed by atoms with Crippen LogP contribution in [0.4, 0.5) is 23.2 Å². The van der Waals surface area contributed by atoms with Gasteiger partial charge in [-0.25, -0.2) is 4.39 Å². The summed E-state index contributed by atoms with van der Waals surface area (Å²) in [4.78, 5) is 14.8. The highest BCUT2D eigenvalue weighted by Crippen LogP contribution is 2.33. The number of aromatic nitrogens is 1. The van der Waals surface area contributed by atoms with Crippen molar-refractivity contribution in [2.24, 2.45) is 0 Å². The molecule has 0 fully saturated rings. The van der Waals surface area contributed by atoms with Gasteiger partial charge in [-0.15, -0.1) is 0 Å². The predicted octanol–water partition coefficient (Wildman–Crippen LogP) is 4.23. The molecule has 0 atom stereocenters. The first-order valence-corrected chi connectivity index (χ1v) is 8.09. The molecular formula is C18H19F4N3O. The first kappa shape index (κ1) is 19.7. The van der Waals surface area contributed by atoms with E-state index in [9.17, 15) is 22.4 Å². The van der Waals surface area contributed by atoms with Crippen molar-refractivity contribution in [3.63, 3.8) is 0 Å². The van der Waals surface area contributed by atoms with Crippen LogP contribution in [0.2, 0.25) is 0 Å². The highest BCUT2D eigenvalue weighted by Gasteiger charge is 2.33. The normalized spacial score (nSPS) is 11.3. The van der Waals surface area contributed by atoms with Crippen molar-refractivity contribution in [1.29, 1.82) is 0 Å². The molecule has 0 radical (unpaired) electrons. The van der Waals surface area contributed by atoms with Crippen LogP contribution in [0.1, 0.15) is 25.3 Å². The number of nitrogens with zero attached hydrogens (tertiary/aromatic N) is 1. The highest BCUT2D eigenvalue weighted by molar-refractivity contribution is 5.72. The van der Waals surface area contributed by atoms with Crippen LogP contribution in [0.25, 0.3) is 11.3 Å². The third-order valence-electron chi connectivity index (χ3n) is 3.64. The van der Waals surface area contributed by atoms with E-state index in [1.165, 1.54) is 19.2 Å². The topological polar surface area (TPSA) is 54.0 Å². The molecule has 2 N–H and O–H groups in total. The molecule has 1 heterocycles. The molecule has 0 aliphatic rings. The number of hydrogen-bond donors (Lipinski definition) is 2. The van der Waals surface area contributed by atoms with Crippen LogP contribution in [-0.2, 0) is 11.0 Å². The molecule has 0 bridgehead atoms. The minimum absolute atomic E-state index is 0.0690. The number of rotatable bonds is 7. The second-order valence-corrected chi connectivity index (χ2v) is 5.74. The highest BCUT2D eigenvalue weighted by atomic mass is 19.4. The van der Waals surface area contributed by atoms with E-state index in [0.717, 1.165) is 24.6 Å². The molecule has 0 unspecified atom stereocenters. The largest absolute Gasteiger partial charge is 0.419 e. The number of carbonyl (C=O) groups is 1. The van der Waals surface area contributed by atoms with Gasteiger partial charge >= 0.3 is 6.18 Å². The van der Waals surface area contributed by atoms with E-state index < -0.39 is 17.6 Å². The molecule has 0 saturated heterocycles. The summed E-state index contributed by atoms with van der Waals surface area (Å²) in [5.74, 6) is -1.39. The molecule has 0 saturated carbocycles. The molecule has 0 spiro atoms. The lowest BCUT2D eigenvalue weighted by atomic mass is 10.1. The summed E-state index contributed by atoms with van der Waals surface area (Å²) in [6.07, 6.45) is -1.58. The fraction of sp³-hybridized carbons (Fsp3) is 0.333. The Morgan fingerprint density at radius 2 is 1.85 bits per heavy atom. The Bertz CT molecular complexity index is 762. The van der Waals surface area contributed by atoms with Gasteiger partial charge in [-0.1, -0.05) is 6.07 Å². The van der Waals surface area contributed by atoms with Gasteiger partial charge in [0.1, 0.15) is 5.82 Å². The van der Waals surface area contributed by atoms with Crippen LogP contribution in [0.3, 0.4) is 0 Å². The minimum Gasteiger partial charge on any atom is -0.385 e. The molecule has 26 heavy (non-hydrogen) atoms. The first-order valence-electron chi connectivity index (χ1n) is 8.09. The second kappa shape index (κ2) is 8.64. The average Bonchev–Trinajstić information content (AvgIpc) is 2.57. The summed E-state index contributed by atoms with van der Waals surface area (Å²) >= 11 is 0. The molecule has 1 aromatic heterocycles. The Hall–Kier alpha value is -2.64. The van der Waals surface area contributed by atoms with E-state index in [-0.39, 0.29) is 11.5 Å². The summed E-state index contributed by atoms with van der Waals surface area (Å²) < 4.78 is 51.6. The molecule has 2 rings (SSSR count). The molecule has 2 aromatic rings. The number of pyridine rings is 1. The molecule has 4 nitrogen and oxygen atoms in total. The SMILES string of the molecule is CC(=O)NCCCCNc1ccnc(-c2ccc(C(F)(F)F)c(F)c2)c1. The van der Waals surface area contributed by atoms with Crippen molar-refractivity contribution in [3.8, 4) is 11.3 Å². The van der Waals surface area contributed by atoms with E-state index in [1.54, 1.807) is 12.1 Å². The number of hydrogen-bond acceptors (Lipinski definition) is 3. The summed E-state index contributed by atoms with van der Waals surface area (Å²) in [5, 5.41) is 5.87. The van der Waals surface area contributed by atoms with E-state index in [4.69, 9.17) is 0 Å². The Kier molecular flexibility index (Phi) is 6.54. The zero-order valence-corrected chi connectivity index (χ0v) is 14.2. The van der Waals surface area contributed by atoms with Gasteiger partial charge in [0.05, 0.1) is 11.3 Å². The van der Waals surface area contributed by atoms with Gasteiger partial charge in [0.15, 0.2) is 0 Å². The zero-order chi connectivity index (χ0) is 19.2. The lowest BCUT2D eigenvalue weighted by Gasteiger charge is -2.11. The molecule has 140 valence electrons. The minimum atomic E-state index is -4.73. The standard InChI is InChI=1S/C18H19F4N3O/c1-12(26)23-7-2-3-8-24-14-6-9-25-17(11-14)13-4-5-15(16(19)10-13)18(20,21)22/h4-6,9-11H,2-3,7-8H2,1H3,(H,23,26)(H,24,25). The second-order valence-electron chi connectivity index (χ2n) is 5.74. The Labute approximate surface area is 148 Å². The smallest absolute Gasteiger partial charge is 0.385 e. The van der Waals surface area contributed by atoms with Gasteiger partial charge in [0.25, 0.3) is 0 Å². The van der Waals surface area contributed by atoms with Crippen LogP contribution < -0.4 is 10.6 Å². The quantitative estimate of drug-likeness (QED) is 0.567. The van der Waals surface area contributed by atoms with Crippen molar-refractivity contribution in [3.05, 3.63) is 47.9 Å².